The molecule has 1 amide bonds. The van der Waals surface area contributed by atoms with E-state index >= 15 is 0 Å². The Labute approximate surface area is 130 Å². The number of amides is 1. The molecular weight excluding hydrogens is 284 g/mol. The standard InChI is InChI=1S/C16H22N2O4/c1-12(18-7-9-22-10-8-18)15(19)17-11-13-3-5-14(6-4-13)16(20)21-2/h3-6,12H,7-11H2,1-2H3,(H,17,19)/t12-/m1/s1. The fourth-order valence-corrected chi connectivity index (χ4v) is 2.34. The summed E-state index contributed by atoms with van der Waals surface area (Å²) in [6, 6.07) is 6.84. The van der Waals surface area contributed by atoms with Crippen LogP contribution in [0, 0.1) is 0 Å². The Morgan fingerprint density at radius 2 is 1.91 bits per heavy atom. The molecule has 1 aliphatic heterocycles. The van der Waals surface area contributed by atoms with Crippen LogP contribution in [0.4, 0.5) is 0 Å². The summed E-state index contributed by atoms with van der Waals surface area (Å²) in [4.78, 5) is 25.6. The summed E-state index contributed by atoms with van der Waals surface area (Å²) >= 11 is 0. The van der Waals surface area contributed by atoms with E-state index in [9.17, 15) is 9.59 Å². The van der Waals surface area contributed by atoms with E-state index in [1.807, 2.05) is 19.1 Å². The van der Waals surface area contributed by atoms with E-state index in [1.54, 1.807) is 12.1 Å². The first kappa shape index (κ1) is 16.5. The molecule has 0 saturated carbocycles. The molecule has 1 N–H and O–H groups in total. The van der Waals surface area contributed by atoms with E-state index in [4.69, 9.17) is 4.74 Å². The van der Waals surface area contributed by atoms with Crippen LogP contribution in [0.25, 0.3) is 0 Å². The first-order valence-electron chi connectivity index (χ1n) is 7.38. The number of rotatable bonds is 5. The van der Waals surface area contributed by atoms with Gasteiger partial charge in [-0.25, -0.2) is 4.79 Å². The van der Waals surface area contributed by atoms with E-state index in [0.29, 0.717) is 25.3 Å². The number of methoxy groups -OCH3 is 1. The van der Waals surface area contributed by atoms with Gasteiger partial charge < -0.3 is 14.8 Å². The van der Waals surface area contributed by atoms with Crippen molar-refractivity contribution in [2.45, 2.75) is 19.5 Å². The number of hydrogen-bond acceptors (Lipinski definition) is 5. The molecule has 1 heterocycles. The number of carbonyl (C=O) groups excluding carboxylic acids is 2. The predicted molar refractivity (Wildman–Crippen MR) is 81.5 cm³/mol. The van der Waals surface area contributed by atoms with Gasteiger partial charge in [0.15, 0.2) is 0 Å². The highest BCUT2D eigenvalue weighted by atomic mass is 16.5. The Morgan fingerprint density at radius 1 is 1.27 bits per heavy atom. The van der Waals surface area contributed by atoms with Crippen LogP contribution in [0.2, 0.25) is 0 Å². The molecule has 0 bridgehead atoms. The van der Waals surface area contributed by atoms with Crippen LogP contribution in [0.1, 0.15) is 22.8 Å². The van der Waals surface area contributed by atoms with Crippen molar-refractivity contribution in [3.63, 3.8) is 0 Å². The fraction of sp³-hybridized carbons (Fsp3) is 0.500. The van der Waals surface area contributed by atoms with E-state index in [-0.39, 0.29) is 17.9 Å². The number of carbonyl (C=O) groups is 2. The molecule has 120 valence electrons. The summed E-state index contributed by atoms with van der Waals surface area (Å²) in [6.45, 7) is 5.25. The van der Waals surface area contributed by atoms with Gasteiger partial charge in [-0.3, -0.25) is 9.69 Å². The van der Waals surface area contributed by atoms with Crippen LogP contribution in [-0.4, -0.2) is 56.2 Å². The number of hydrogen-bond donors (Lipinski definition) is 1. The summed E-state index contributed by atoms with van der Waals surface area (Å²) in [5.41, 5.74) is 1.44. The lowest BCUT2D eigenvalue weighted by atomic mass is 10.1. The van der Waals surface area contributed by atoms with Crippen molar-refractivity contribution in [2.24, 2.45) is 0 Å². The molecular formula is C16H22N2O4. The minimum absolute atomic E-state index is 0.000977. The second kappa shape index (κ2) is 7.91. The van der Waals surface area contributed by atoms with Gasteiger partial charge in [-0.1, -0.05) is 12.1 Å². The van der Waals surface area contributed by atoms with Gasteiger partial charge in [-0.05, 0) is 24.6 Å². The first-order valence-corrected chi connectivity index (χ1v) is 7.38. The summed E-state index contributed by atoms with van der Waals surface area (Å²) in [5.74, 6) is -0.365. The quantitative estimate of drug-likeness (QED) is 0.815. The van der Waals surface area contributed by atoms with Gasteiger partial charge in [0.2, 0.25) is 5.91 Å². The van der Waals surface area contributed by atoms with Crippen molar-refractivity contribution in [1.29, 1.82) is 0 Å². The summed E-state index contributed by atoms with van der Waals surface area (Å²) in [5, 5.41) is 2.92. The molecule has 1 aliphatic rings. The number of ether oxygens (including phenoxy) is 2. The second-order valence-corrected chi connectivity index (χ2v) is 5.23. The third-order valence-corrected chi connectivity index (χ3v) is 3.81. The van der Waals surface area contributed by atoms with Gasteiger partial charge in [0.25, 0.3) is 0 Å². The lowest BCUT2D eigenvalue weighted by molar-refractivity contribution is -0.127. The maximum absolute atomic E-state index is 12.2. The minimum Gasteiger partial charge on any atom is -0.465 e. The van der Waals surface area contributed by atoms with Crippen molar-refractivity contribution in [1.82, 2.24) is 10.2 Å². The highest BCUT2D eigenvalue weighted by Gasteiger charge is 2.22. The average Bonchev–Trinajstić information content (AvgIpc) is 2.59. The van der Waals surface area contributed by atoms with Crippen LogP contribution >= 0.6 is 0 Å². The highest BCUT2D eigenvalue weighted by Crippen LogP contribution is 2.07. The molecule has 6 heteroatoms. The summed E-state index contributed by atoms with van der Waals surface area (Å²) in [7, 11) is 1.35. The van der Waals surface area contributed by atoms with Gasteiger partial charge in [-0.15, -0.1) is 0 Å². The van der Waals surface area contributed by atoms with E-state index in [2.05, 4.69) is 15.0 Å². The maximum atomic E-state index is 12.2. The topological polar surface area (TPSA) is 67.9 Å². The highest BCUT2D eigenvalue weighted by molar-refractivity contribution is 5.89. The van der Waals surface area contributed by atoms with Crippen LogP contribution in [0.5, 0.6) is 0 Å². The Kier molecular flexibility index (Phi) is 5.91. The second-order valence-electron chi connectivity index (χ2n) is 5.23. The Hall–Kier alpha value is -1.92. The molecule has 0 unspecified atom stereocenters. The molecule has 1 fully saturated rings. The number of nitrogens with zero attached hydrogens (tertiary/aromatic N) is 1. The van der Waals surface area contributed by atoms with E-state index in [0.717, 1.165) is 18.7 Å². The van der Waals surface area contributed by atoms with Gasteiger partial charge in [0, 0.05) is 19.6 Å². The minimum atomic E-state index is -0.364. The predicted octanol–water partition coefficient (Wildman–Crippen LogP) is 0.810. The molecule has 2 rings (SSSR count). The van der Waals surface area contributed by atoms with Gasteiger partial charge in [-0.2, -0.15) is 0 Å². The Bertz CT molecular complexity index is 509. The third-order valence-electron chi connectivity index (χ3n) is 3.81. The summed E-state index contributed by atoms with van der Waals surface area (Å²) in [6.07, 6.45) is 0. The zero-order chi connectivity index (χ0) is 15.9. The number of nitrogens with one attached hydrogen (secondary N) is 1. The lowest BCUT2D eigenvalue weighted by Crippen LogP contribution is -2.49. The molecule has 0 aliphatic carbocycles. The molecule has 22 heavy (non-hydrogen) atoms. The van der Waals surface area contributed by atoms with E-state index in [1.165, 1.54) is 7.11 Å². The molecule has 0 radical (unpaired) electrons. The number of benzene rings is 1. The molecule has 1 aromatic rings. The van der Waals surface area contributed by atoms with Crippen molar-refractivity contribution < 1.29 is 19.1 Å². The third kappa shape index (κ3) is 4.29. The normalized spacial score (nSPS) is 16.8. The smallest absolute Gasteiger partial charge is 0.337 e. The molecule has 1 atom stereocenters. The first-order chi connectivity index (χ1) is 10.6. The van der Waals surface area contributed by atoms with Gasteiger partial charge in [0.1, 0.15) is 0 Å². The molecule has 1 aromatic carbocycles. The van der Waals surface area contributed by atoms with Crippen molar-refractivity contribution in [3.8, 4) is 0 Å². The van der Waals surface area contributed by atoms with Crippen LogP contribution < -0.4 is 5.32 Å². The summed E-state index contributed by atoms with van der Waals surface area (Å²) < 4.78 is 9.94. The molecule has 6 nitrogen and oxygen atoms in total. The zero-order valence-electron chi connectivity index (χ0n) is 13.0. The maximum Gasteiger partial charge on any atom is 0.337 e. The number of esters is 1. The fourth-order valence-electron chi connectivity index (χ4n) is 2.34. The lowest BCUT2D eigenvalue weighted by Gasteiger charge is -2.31. The van der Waals surface area contributed by atoms with Crippen LogP contribution in [-0.2, 0) is 20.8 Å². The largest absolute Gasteiger partial charge is 0.465 e. The monoisotopic (exact) mass is 306 g/mol. The van der Waals surface area contributed by atoms with Crippen LogP contribution in [0.15, 0.2) is 24.3 Å². The molecule has 0 aromatic heterocycles. The van der Waals surface area contributed by atoms with Crippen molar-refractivity contribution in [2.75, 3.05) is 33.4 Å². The molecule has 1 saturated heterocycles. The molecule has 0 spiro atoms. The average molecular weight is 306 g/mol. The van der Waals surface area contributed by atoms with Gasteiger partial charge >= 0.3 is 5.97 Å². The SMILES string of the molecule is COC(=O)c1ccc(CNC(=O)[C@@H](C)N2CCOCC2)cc1. The Balaban J connectivity index is 1.83. The van der Waals surface area contributed by atoms with Gasteiger partial charge in [0.05, 0.1) is 31.9 Å². The van der Waals surface area contributed by atoms with Crippen molar-refractivity contribution in [3.05, 3.63) is 35.4 Å². The van der Waals surface area contributed by atoms with Crippen LogP contribution in [0.3, 0.4) is 0 Å². The number of morpholine rings is 1. The van der Waals surface area contributed by atoms with E-state index < -0.39 is 0 Å². The zero-order valence-corrected chi connectivity index (χ0v) is 13.0. The van der Waals surface area contributed by atoms with Crippen molar-refractivity contribution >= 4 is 11.9 Å². The Morgan fingerprint density at radius 3 is 2.50 bits per heavy atom.